The van der Waals surface area contributed by atoms with Crippen molar-refractivity contribution in [3.8, 4) is 0 Å². The van der Waals surface area contributed by atoms with Crippen LogP contribution in [0.4, 0.5) is 0 Å². The van der Waals surface area contributed by atoms with E-state index in [1.807, 2.05) is 18.4 Å². The van der Waals surface area contributed by atoms with Crippen molar-refractivity contribution in [2.75, 3.05) is 6.61 Å². The second kappa shape index (κ2) is 6.73. The molecular formula is C20H30N4OS. The lowest BCUT2D eigenvalue weighted by atomic mass is 9.70. The summed E-state index contributed by atoms with van der Waals surface area (Å²) in [6.07, 6.45) is 9.23. The molecule has 6 heteroatoms. The van der Waals surface area contributed by atoms with Gasteiger partial charge in [0.05, 0.1) is 18.3 Å². The van der Waals surface area contributed by atoms with Crippen molar-refractivity contribution in [1.82, 2.24) is 20.3 Å². The van der Waals surface area contributed by atoms with Crippen molar-refractivity contribution in [3.63, 3.8) is 0 Å². The molecule has 0 amide bonds. The molecule has 142 valence electrons. The third-order valence-electron chi connectivity index (χ3n) is 6.29. The third-order valence-corrected chi connectivity index (χ3v) is 7.57. The standard InChI is InChI=1S/C19H26N4OS.CH4/c1-12-8-14-6-7-24-19(18(14)25-12)9-15(13-4-3-5-13)20-16(10-19)17-11-23(2)22-21-17;/h8,11,13,15-16,20H,3-7,9-10H2,1-2H3;1H4. The van der Waals surface area contributed by atoms with Crippen LogP contribution in [0.5, 0.6) is 0 Å². The fourth-order valence-corrected chi connectivity index (χ4v) is 6.09. The van der Waals surface area contributed by atoms with E-state index in [0.29, 0.717) is 6.04 Å². The molecule has 1 aliphatic carbocycles. The molecule has 5 nitrogen and oxygen atoms in total. The minimum Gasteiger partial charge on any atom is -0.369 e. The Labute approximate surface area is 160 Å². The molecule has 3 unspecified atom stereocenters. The van der Waals surface area contributed by atoms with Crippen molar-refractivity contribution in [3.05, 3.63) is 33.3 Å². The van der Waals surface area contributed by atoms with E-state index >= 15 is 0 Å². The Morgan fingerprint density at radius 3 is 2.88 bits per heavy atom. The summed E-state index contributed by atoms with van der Waals surface area (Å²) >= 11 is 1.94. The lowest BCUT2D eigenvalue weighted by Crippen LogP contribution is -2.54. The molecule has 1 saturated heterocycles. The highest BCUT2D eigenvalue weighted by atomic mass is 32.1. The summed E-state index contributed by atoms with van der Waals surface area (Å²) in [5.74, 6) is 0.784. The van der Waals surface area contributed by atoms with E-state index in [0.717, 1.165) is 37.5 Å². The molecule has 5 rings (SSSR count). The summed E-state index contributed by atoms with van der Waals surface area (Å²) in [7, 11) is 1.94. The maximum absolute atomic E-state index is 6.57. The molecule has 0 aromatic carbocycles. The Bertz CT molecular complexity index is 781. The smallest absolute Gasteiger partial charge is 0.106 e. The second-order valence-corrected chi connectivity index (χ2v) is 9.30. The van der Waals surface area contributed by atoms with Gasteiger partial charge in [-0.1, -0.05) is 19.1 Å². The summed E-state index contributed by atoms with van der Waals surface area (Å²) < 4.78 is 8.37. The van der Waals surface area contributed by atoms with Gasteiger partial charge in [0.25, 0.3) is 0 Å². The number of nitrogens with one attached hydrogen (secondary N) is 1. The molecular weight excluding hydrogens is 344 g/mol. The zero-order chi connectivity index (χ0) is 17.0. The van der Waals surface area contributed by atoms with Gasteiger partial charge in [-0.15, -0.1) is 16.4 Å². The number of aromatic nitrogens is 3. The van der Waals surface area contributed by atoms with E-state index in [1.165, 1.54) is 34.6 Å². The maximum atomic E-state index is 6.57. The van der Waals surface area contributed by atoms with Crippen LogP contribution in [0.3, 0.4) is 0 Å². The summed E-state index contributed by atoms with van der Waals surface area (Å²) in [5, 5.41) is 12.5. The van der Waals surface area contributed by atoms with Gasteiger partial charge in [0.15, 0.2) is 0 Å². The van der Waals surface area contributed by atoms with Crippen LogP contribution >= 0.6 is 11.3 Å². The Hall–Kier alpha value is -1.24. The molecule has 1 spiro atoms. The van der Waals surface area contributed by atoms with Crippen LogP contribution in [-0.4, -0.2) is 27.6 Å². The number of hydrogen-bond donors (Lipinski definition) is 1. The van der Waals surface area contributed by atoms with Gasteiger partial charge in [-0.2, -0.15) is 0 Å². The van der Waals surface area contributed by atoms with Crippen molar-refractivity contribution >= 4 is 11.3 Å². The lowest BCUT2D eigenvalue weighted by molar-refractivity contribution is -0.106. The first kappa shape index (κ1) is 18.1. The Morgan fingerprint density at radius 2 is 2.19 bits per heavy atom. The van der Waals surface area contributed by atoms with Gasteiger partial charge in [-0.05, 0) is 50.2 Å². The molecule has 3 atom stereocenters. The van der Waals surface area contributed by atoms with Crippen molar-refractivity contribution in [2.24, 2.45) is 13.0 Å². The topological polar surface area (TPSA) is 52.0 Å². The number of ether oxygens (including phenoxy) is 1. The van der Waals surface area contributed by atoms with Crippen LogP contribution in [0.1, 0.15) is 66.6 Å². The lowest BCUT2D eigenvalue weighted by Gasteiger charge is -2.49. The predicted octanol–water partition coefficient (Wildman–Crippen LogP) is 3.88. The van der Waals surface area contributed by atoms with E-state index in [9.17, 15) is 0 Å². The number of nitrogens with zero attached hydrogens (tertiary/aromatic N) is 3. The Balaban J connectivity index is 0.00000168. The average Bonchev–Trinajstić information content (AvgIpc) is 3.12. The zero-order valence-corrected chi connectivity index (χ0v) is 15.8. The quantitative estimate of drug-likeness (QED) is 0.867. The van der Waals surface area contributed by atoms with Crippen molar-refractivity contribution in [2.45, 2.75) is 70.6 Å². The highest BCUT2D eigenvalue weighted by Gasteiger charge is 2.49. The number of fused-ring (bicyclic) bond motifs is 2. The van der Waals surface area contributed by atoms with Crippen molar-refractivity contribution < 1.29 is 4.74 Å². The first-order valence-corrected chi connectivity index (χ1v) is 10.3. The fourth-order valence-electron chi connectivity index (χ4n) is 4.87. The molecule has 3 aliphatic rings. The van der Waals surface area contributed by atoms with E-state index in [-0.39, 0.29) is 19.1 Å². The SMILES string of the molecule is C.Cc1cc2c(s1)C1(CC(c3cn(C)nn3)NC(C3CCC3)C1)OCC2. The molecule has 1 saturated carbocycles. The molecule has 2 aromatic rings. The first-order valence-electron chi connectivity index (χ1n) is 9.49. The number of aryl methyl sites for hydroxylation is 2. The molecule has 0 radical (unpaired) electrons. The summed E-state index contributed by atoms with van der Waals surface area (Å²) in [5.41, 5.74) is 2.43. The number of hydrogen-bond acceptors (Lipinski definition) is 5. The number of piperidine rings is 1. The normalized spacial score (nSPS) is 31.3. The van der Waals surface area contributed by atoms with Gasteiger partial charge in [0, 0.05) is 35.5 Å². The van der Waals surface area contributed by atoms with Crippen LogP contribution in [0.2, 0.25) is 0 Å². The van der Waals surface area contributed by atoms with Crippen LogP contribution in [0, 0.1) is 12.8 Å². The van der Waals surface area contributed by atoms with Gasteiger partial charge in [0.2, 0.25) is 0 Å². The largest absolute Gasteiger partial charge is 0.369 e. The van der Waals surface area contributed by atoms with Gasteiger partial charge >= 0.3 is 0 Å². The van der Waals surface area contributed by atoms with E-state index < -0.39 is 0 Å². The minimum atomic E-state index is -0.139. The van der Waals surface area contributed by atoms with E-state index in [2.05, 4.69) is 34.8 Å². The van der Waals surface area contributed by atoms with Crippen LogP contribution in [-0.2, 0) is 23.8 Å². The molecule has 26 heavy (non-hydrogen) atoms. The predicted molar refractivity (Wildman–Crippen MR) is 104 cm³/mol. The molecule has 1 N–H and O–H groups in total. The minimum absolute atomic E-state index is 0. The zero-order valence-electron chi connectivity index (χ0n) is 15.0. The second-order valence-electron chi connectivity index (χ2n) is 8.05. The van der Waals surface area contributed by atoms with Crippen molar-refractivity contribution in [1.29, 1.82) is 0 Å². The Morgan fingerprint density at radius 1 is 1.35 bits per heavy atom. The molecule has 2 fully saturated rings. The van der Waals surface area contributed by atoms with E-state index in [1.54, 1.807) is 4.68 Å². The Kier molecular flexibility index (Phi) is 4.70. The van der Waals surface area contributed by atoms with Gasteiger partial charge in [-0.3, -0.25) is 4.68 Å². The monoisotopic (exact) mass is 374 g/mol. The number of rotatable bonds is 2. The highest BCUT2D eigenvalue weighted by molar-refractivity contribution is 7.12. The maximum Gasteiger partial charge on any atom is 0.106 e. The van der Waals surface area contributed by atoms with Crippen LogP contribution in [0.25, 0.3) is 0 Å². The van der Waals surface area contributed by atoms with Gasteiger partial charge < -0.3 is 10.1 Å². The summed E-state index contributed by atoms with van der Waals surface area (Å²) in [6, 6.07) is 3.12. The first-order chi connectivity index (χ1) is 12.1. The van der Waals surface area contributed by atoms with E-state index in [4.69, 9.17) is 4.74 Å². The third kappa shape index (κ3) is 2.92. The average molecular weight is 375 g/mol. The molecule has 0 bridgehead atoms. The molecule has 4 heterocycles. The van der Waals surface area contributed by atoms with Gasteiger partial charge in [-0.25, -0.2) is 0 Å². The number of thiophene rings is 1. The highest BCUT2D eigenvalue weighted by Crippen LogP contribution is 2.51. The fraction of sp³-hybridized carbons (Fsp3) is 0.700. The molecule has 2 aromatic heterocycles. The van der Waals surface area contributed by atoms with Gasteiger partial charge in [0.1, 0.15) is 5.60 Å². The summed E-state index contributed by atoms with van der Waals surface area (Å²) in [4.78, 5) is 2.89. The van der Waals surface area contributed by atoms with Crippen LogP contribution < -0.4 is 5.32 Å². The summed E-state index contributed by atoms with van der Waals surface area (Å²) in [6.45, 7) is 3.06. The van der Waals surface area contributed by atoms with Crippen LogP contribution in [0.15, 0.2) is 12.3 Å². The molecule has 2 aliphatic heterocycles.